The van der Waals surface area contributed by atoms with Crippen LogP contribution in [0.5, 0.6) is 0 Å². The summed E-state index contributed by atoms with van der Waals surface area (Å²) in [6.07, 6.45) is -2.93. The largest absolute Gasteiger partial charge is 1.00 e. The number of aliphatic carboxylic acids is 1. The van der Waals surface area contributed by atoms with Gasteiger partial charge in [0.15, 0.2) is 12.2 Å². The van der Waals surface area contributed by atoms with Crippen LogP contribution in [0.2, 0.25) is 0 Å². The van der Waals surface area contributed by atoms with Crippen LogP contribution in [0.4, 0.5) is 0 Å². The summed E-state index contributed by atoms with van der Waals surface area (Å²) in [5, 5.41) is 30.9. The average Bonchev–Trinajstić information content (AvgIpc) is 2.41. The molecule has 0 bridgehead atoms. The van der Waals surface area contributed by atoms with Gasteiger partial charge in [0.2, 0.25) is 0 Å². The number of nitrogens with two attached hydrogens (primary N) is 1. The molecule has 0 heterocycles. The number of hydrogen-bond acceptors (Lipinski definition) is 8. The third kappa shape index (κ3) is 20.7. The molecule has 0 aromatic heterocycles. The maximum atomic E-state index is 10.4. The van der Waals surface area contributed by atoms with Crippen LogP contribution >= 0.6 is 0 Å². The van der Waals surface area contributed by atoms with Crippen molar-refractivity contribution in [3.8, 4) is 0 Å². The zero-order valence-corrected chi connectivity index (χ0v) is 13.8. The van der Waals surface area contributed by atoms with Crippen molar-refractivity contribution >= 4 is 11.9 Å². The van der Waals surface area contributed by atoms with Crippen LogP contribution in [-0.2, 0) is 14.3 Å². The Morgan fingerprint density at radius 2 is 1.50 bits per heavy atom. The first-order valence-corrected chi connectivity index (χ1v) is 4.59. The molecular formula is C7H15N7NaO7-. The zero-order valence-electron chi connectivity index (χ0n) is 11.8. The van der Waals surface area contributed by atoms with Gasteiger partial charge in [-0.1, -0.05) is 10.2 Å². The van der Waals surface area contributed by atoms with Crippen molar-refractivity contribution in [2.24, 2.45) is 10.2 Å². The van der Waals surface area contributed by atoms with E-state index in [0.717, 1.165) is 7.11 Å². The van der Waals surface area contributed by atoms with E-state index in [4.69, 9.17) is 26.4 Å². The molecule has 0 aliphatic rings. The molecule has 0 aromatic carbocycles. The summed E-state index contributed by atoms with van der Waals surface area (Å²) in [7, 11) is 1.14. The van der Waals surface area contributed by atoms with E-state index < -0.39 is 30.7 Å². The first kappa shape index (κ1) is 32.4. The van der Waals surface area contributed by atoms with Crippen LogP contribution < -0.4 is 29.6 Å². The zero-order chi connectivity index (χ0) is 15.3. The number of esters is 1. The first-order chi connectivity index (χ1) is 8.90. The van der Waals surface area contributed by atoms with Crippen LogP contribution in [0.1, 0.15) is 0 Å². The van der Waals surface area contributed by atoms with Gasteiger partial charge in [0, 0.05) is 9.82 Å². The maximum Gasteiger partial charge on any atom is 1.00 e. The molecule has 2 atom stereocenters. The molecule has 15 heteroatoms. The molecule has 0 amide bonds. The maximum absolute atomic E-state index is 10.4. The summed E-state index contributed by atoms with van der Waals surface area (Å²) >= 11 is 0. The molecule has 0 aliphatic heterocycles. The Labute approximate surface area is 146 Å². The number of carboxylic acids is 1. The van der Waals surface area contributed by atoms with E-state index in [2.05, 4.69) is 24.8 Å². The summed E-state index contributed by atoms with van der Waals surface area (Å²) in [6.45, 7) is -0.713. The molecule has 0 radical (unpaired) electrons. The van der Waals surface area contributed by atoms with Crippen molar-refractivity contribution in [3.63, 3.8) is 0 Å². The van der Waals surface area contributed by atoms with Gasteiger partial charge >= 0.3 is 41.5 Å². The number of rotatable bonds is 6. The number of carbonyl (C=O) groups excluding carboxylic acids is 1. The number of aliphatic hydroxyl groups is 2. The summed E-state index contributed by atoms with van der Waals surface area (Å²) in [6, 6.07) is 0. The number of hydrogen-bond donors (Lipinski definition) is 3. The Morgan fingerprint density at radius 1 is 1.14 bits per heavy atom. The topological polar surface area (TPSA) is 265 Å². The summed E-state index contributed by atoms with van der Waals surface area (Å²) < 4.78 is 4.14. The molecule has 0 aliphatic carbocycles. The Morgan fingerprint density at radius 3 is 1.77 bits per heavy atom. The van der Waals surface area contributed by atoms with Gasteiger partial charge in [-0.3, -0.25) is 0 Å². The summed E-state index contributed by atoms with van der Waals surface area (Å²) in [4.78, 5) is 24.7. The van der Waals surface area contributed by atoms with Crippen molar-refractivity contribution in [3.05, 3.63) is 27.0 Å². The Bertz CT molecular complexity index is 397. The molecule has 0 fully saturated rings. The van der Waals surface area contributed by atoms with E-state index in [1.807, 2.05) is 0 Å². The Kier molecular flexibility index (Phi) is 31.9. The second-order valence-corrected chi connectivity index (χ2v) is 2.72. The molecule has 0 saturated heterocycles. The van der Waals surface area contributed by atoms with Gasteiger partial charge in [0.05, 0.1) is 20.2 Å². The number of aliphatic hydroxyl groups excluding tert-OH is 2. The monoisotopic (exact) mass is 332 g/mol. The van der Waals surface area contributed by atoms with E-state index in [1.54, 1.807) is 0 Å². The fraction of sp³-hybridized carbons (Fsp3) is 0.714. The van der Waals surface area contributed by atoms with Gasteiger partial charge in [-0.2, -0.15) is 0 Å². The van der Waals surface area contributed by atoms with Crippen LogP contribution in [0.3, 0.4) is 0 Å². The predicted octanol–water partition coefficient (Wildman–Crippen LogP) is -2.88. The minimum Gasteiger partial charge on any atom is -0.870 e. The number of nitrogens with zero attached hydrogens (tertiary/aromatic N) is 6. The van der Waals surface area contributed by atoms with E-state index in [0.29, 0.717) is 0 Å². The van der Waals surface area contributed by atoms with Crippen molar-refractivity contribution < 1.29 is 64.7 Å². The van der Waals surface area contributed by atoms with Crippen LogP contribution in [0.15, 0.2) is 10.2 Å². The van der Waals surface area contributed by atoms with Crippen LogP contribution in [-0.4, -0.2) is 65.1 Å². The van der Waals surface area contributed by atoms with Gasteiger partial charge in [0.25, 0.3) is 0 Å². The van der Waals surface area contributed by atoms with Crippen LogP contribution in [0.25, 0.3) is 27.0 Å². The molecule has 0 rings (SSSR count). The smallest absolute Gasteiger partial charge is 0.870 e. The van der Waals surface area contributed by atoms with Gasteiger partial charge < -0.3 is 31.7 Å². The third-order valence-corrected chi connectivity index (χ3v) is 1.39. The fourth-order valence-corrected chi connectivity index (χ4v) is 0.516. The number of methoxy groups -OCH3 is 1. The minimum absolute atomic E-state index is 0. The van der Waals surface area contributed by atoms with E-state index in [1.165, 1.54) is 0 Å². The van der Waals surface area contributed by atoms with Gasteiger partial charge in [-0.15, -0.1) is 0 Å². The standard InChI is InChI=1S/C4H7N3O3.C3H5N3O3.H2N.Na.H2O/c1-10-4(9)3(8)2-6-7-5;4-6-5-1-2(7)3(8)9;;;/h3,8H,2H2,1H3;2,7H,1H2,(H,8,9);1H2;;1H2/q;;-1;+1;/p-1/t3-;2-;;;/m11.../s1. The van der Waals surface area contributed by atoms with E-state index in [9.17, 15) is 9.59 Å². The molecule has 14 nitrogen and oxygen atoms in total. The molecule has 0 saturated carbocycles. The summed E-state index contributed by atoms with van der Waals surface area (Å²) in [5.41, 5.74) is 15.4. The van der Waals surface area contributed by atoms with Gasteiger partial charge in [-0.05, 0) is 11.1 Å². The van der Waals surface area contributed by atoms with Crippen molar-refractivity contribution in [1.82, 2.24) is 0 Å². The Balaban J connectivity index is -0.0000000774. The van der Waals surface area contributed by atoms with Crippen molar-refractivity contribution in [2.45, 2.75) is 12.2 Å². The second kappa shape index (κ2) is 21.7. The molecule has 122 valence electrons. The molecule has 6 N–H and O–H groups in total. The van der Waals surface area contributed by atoms with Gasteiger partial charge in [0.1, 0.15) is 0 Å². The Hall–Kier alpha value is -1.60. The van der Waals surface area contributed by atoms with Crippen LogP contribution in [0, 0.1) is 0 Å². The van der Waals surface area contributed by atoms with Crippen molar-refractivity contribution in [2.75, 3.05) is 20.2 Å². The number of azide groups is 2. The quantitative estimate of drug-likeness (QED) is 0.150. The number of ether oxygens (including phenoxy) is 1. The number of carboxylic acid groups (broad SMARTS) is 1. The summed E-state index contributed by atoms with van der Waals surface area (Å²) in [5.74, 6) is -2.19. The first-order valence-electron chi connectivity index (χ1n) is 4.59. The fourth-order valence-electron chi connectivity index (χ4n) is 0.516. The average molecular weight is 332 g/mol. The minimum atomic E-state index is -1.58. The predicted molar refractivity (Wildman–Crippen MR) is 66.9 cm³/mol. The third-order valence-electron chi connectivity index (χ3n) is 1.39. The number of carbonyl (C=O) groups is 2. The van der Waals surface area contributed by atoms with E-state index >= 15 is 0 Å². The van der Waals surface area contributed by atoms with Crippen molar-refractivity contribution in [1.29, 1.82) is 0 Å². The molecular weight excluding hydrogens is 317 g/mol. The van der Waals surface area contributed by atoms with E-state index in [-0.39, 0.29) is 47.7 Å². The molecule has 0 unspecified atom stereocenters. The normalized spacial score (nSPS) is 9.95. The molecule has 22 heavy (non-hydrogen) atoms. The molecule has 0 aromatic rings. The second-order valence-electron chi connectivity index (χ2n) is 2.72. The molecule has 0 spiro atoms. The SMILES string of the molecule is COC(=O)[C@H](O)CN=[N+]=[N-].[N-]=[N+]=NC[C@@H](O)C(=O)O.[NH2-].[Na+].[OH-]. The van der Waals surface area contributed by atoms with Gasteiger partial charge in [-0.25, -0.2) is 9.59 Å².